The highest BCUT2D eigenvalue weighted by molar-refractivity contribution is 9.10. The van der Waals surface area contributed by atoms with E-state index in [-0.39, 0.29) is 12.1 Å². The highest BCUT2D eigenvalue weighted by Gasteiger charge is 2.23. The Labute approximate surface area is 134 Å². The number of urea groups is 1. The third-order valence-corrected chi connectivity index (χ3v) is 4.05. The van der Waals surface area contributed by atoms with Crippen molar-refractivity contribution in [2.45, 2.75) is 39.2 Å². The van der Waals surface area contributed by atoms with Gasteiger partial charge in [0.05, 0.1) is 12.6 Å². The third-order valence-electron chi connectivity index (χ3n) is 3.56. The van der Waals surface area contributed by atoms with Crippen molar-refractivity contribution in [1.29, 1.82) is 0 Å². The van der Waals surface area contributed by atoms with E-state index in [1.54, 1.807) is 0 Å². The van der Waals surface area contributed by atoms with Crippen molar-refractivity contribution in [2.75, 3.05) is 13.2 Å². The molecular weight excluding hydrogens is 332 g/mol. The van der Waals surface area contributed by atoms with Gasteiger partial charge in [0.25, 0.3) is 0 Å². The number of rotatable bonds is 5. The standard InChI is InChI=1S/C16H23BrN2O2/c1-11(2)4-3-8-18-16(20)19-14-7-9-21-15-6-5-12(17)10-13(14)15/h5-6,10-11,14H,3-4,7-9H2,1-2H3,(H2,18,19,20). The van der Waals surface area contributed by atoms with Crippen molar-refractivity contribution in [2.24, 2.45) is 5.92 Å². The van der Waals surface area contributed by atoms with Crippen LogP contribution in [0.2, 0.25) is 0 Å². The minimum atomic E-state index is -0.100. The van der Waals surface area contributed by atoms with Crippen molar-refractivity contribution >= 4 is 22.0 Å². The van der Waals surface area contributed by atoms with E-state index in [1.807, 2.05) is 18.2 Å². The van der Waals surface area contributed by atoms with Gasteiger partial charge in [-0.05, 0) is 37.0 Å². The van der Waals surface area contributed by atoms with Gasteiger partial charge in [0.1, 0.15) is 5.75 Å². The Kier molecular flexibility index (Phi) is 5.91. The summed E-state index contributed by atoms with van der Waals surface area (Å²) in [6.45, 7) is 5.74. The zero-order valence-electron chi connectivity index (χ0n) is 12.6. The first-order chi connectivity index (χ1) is 10.1. The summed E-state index contributed by atoms with van der Waals surface area (Å²) in [6.07, 6.45) is 2.94. The Morgan fingerprint density at radius 3 is 3.05 bits per heavy atom. The Bertz CT molecular complexity index is 491. The first-order valence-electron chi connectivity index (χ1n) is 7.53. The molecule has 2 rings (SSSR count). The summed E-state index contributed by atoms with van der Waals surface area (Å²) in [5.41, 5.74) is 1.04. The number of fused-ring (bicyclic) bond motifs is 1. The van der Waals surface area contributed by atoms with Crippen LogP contribution >= 0.6 is 15.9 Å². The van der Waals surface area contributed by atoms with Gasteiger partial charge in [-0.1, -0.05) is 29.8 Å². The number of carbonyl (C=O) groups excluding carboxylic acids is 1. The largest absolute Gasteiger partial charge is 0.493 e. The third kappa shape index (κ3) is 4.92. The quantitative estimate of drug-likeness (QED) is 0.784. The molecular formula is C16H23BrN2O2. The second-order valence-electron chi connectivity index (χ2n) is 5.81. The smallest absolute Gasteiger partial charge is 0.315 e. The topological polar surface area (TPSA) is 50.4 Å². The van der Waals surface area contributed by atoms with Crippen LogP contribution in [0.25, 0.3) is 0 Å². The van der Waals surface area contributed by atoms with E-state index in [0.29, 0.717) is 12.5 Å². The van der Waals surface area contributed by atoms with Gasteiger partial charge in [0.15, 0.2) is 0 Å². The number of carbonyl (C=O) groups is 1. The minimum Gasteiger partial charge on any atom is -0.493 e. The van der Waals surface area contributed by atoms with Gasteiger partial charge in [-0.15, -0.1) is 0 Å². The number of benzene rings is 1. The molecule has 5 heteroatoms. The summed E-state index contributed by atoms with van der Waals surface area (Å²) in [6, 6.07) is 5.81. The van der Waals surface area contributed by atoms with Crippen molar-refractivity contribution < 1.29 is 9.53 Å². The number of hydrogen-bond donors (Lipinski definition) is 2. The van der Waals surface area contributed by atoms with E-state index in [2.05, 4.69) is 40.4 Å². The van der Waals surface area contributed by atoms with E-state index in [0.717, 1.165) is 41.6 Å². The molecule has 116 valence electrons. The fraction of sp³-hybridized carbons (Fsp3) is 0.562. The Morgan fingerprint density at radius 1 is 1.48 bits per heavy atom. The van der Waals surface area contributed by atoms with Crippen LogP contribution in [0, 0.1) is 5.92 Å². The number of halogens is 1. The molecule has 0 bridgehead atoms. The SMILES string of the molecule is CC(C)CCCNC(=O)NC1CCOc2ccc(Br)cc21. The number of nitrogens with one attached hydrogen (secondary N) is 2. The summed E-state index contributed by atoms with van der Waals surface area (Å²) in [4.78, 5) is 12.0. The van der Waals surface area contributed by atoms with Crippen LogP contribution in [0.4, 0.5) is 4.79 Å². The highest BCUT2D eigenvalue weighted by atomic mass is 79.9. The fourth-order valence-electron chi connectivity index (χ4n) is 2.44. The number of amides is 2. The molecule has 1 atom stereocenters. The van der Waals surface area contributed by atoms with E-state index in [9.17, 15) is 4.79 Å². The lowest BCUT2D eigenvalue weighted by Crippen LogP contribution is -2.40. The molecule has 4 nitrogen and oxygen atoms in total. The Hall–Kier alpha value is -1.23. The molecule has 0 spiro atoms. The van der Waals surface area contributed by atoms with Crippen molar-refractivity contribution in [3.05, 3.63) is 28.2 Å². The van der Waals surface area contributed by atoms with Gasteiger partial charge in [0, 0.05) is 23.0 Å². The van der Waals surface area contributed by atoms with Gasteiger partial charge in [-0.3, -0.25) is 0 Å². The molecule has 0 radical (unpaired) electrons. The van der Waals surface area contributed by atoms with Crippen LogP contribution in [-0.4, -0.2) is 19.2 Å². The van der Waals surface area contributed by atoms with E-state index in [1.165, 1.54) is 0 Å². The normalized spacial score (nSPS) is 17.0. The molecule has 1 aromatic rings. The van der Waals surface area contributed by atoms with Gasteiger partial charge in [-0.2, -0.15) is 0 Å². The molecule has 0 aliphatic carbocycles. The van der Waals surface area contributed by atoms with Gasteiger partial charge >= 0.3 is 6.03 Å². The van der Waals surface area contributed by atoms with Crippen molar-refractivity contribution in [3.63, 3.8) is 0 Å². The molecule has 2 N–H and O–H groups in total. The monoisotopic (exact) mass is 354 g/mol. The molecule has 1 aromatic carbocycles. The van der Waals surface area contributed by atoms with Crippen molar-refractivity contribution in [3.8, 4) is 5.75 Å². The number of hydrogen-bond acceptors (Lipinski definition) is 2. The van der Waals surface area contributed by atoms with E-state index >= 15 is 0 Å². The molecule has 2 amide bonds. The lowest BCUT2D eigenvalue weighted by Gasteiger charge is -2.27. The number of ether oxygens (including phenoxy) is 1. The summed E-state index contributed by atoms with van der Waals surface area (Å²) < 4.78 is 6.62. The summed E-state index contributed by atoms with van der Waals surface area (Å²) in [5.74, 6) is 1.53. The summed E-state index contributed by atoms with van der Waals surface area (Å²) in [7, 11) is 0. The minimum absolute atomic E-state index is 0.0105. The first kappa shape index (κ1) is 16.1. The van der Waals surface area contributed by atoms with Crippen molar-refractivity contribution in [1.82, 2.24) is 10.6 Å². The maximum atomic E-state index is 12.0. The molecule has 1 aliphatic heterocycles. The first-order valence-corrected chi connectivity index (χ1v) is 8.32. The van der Waals surface area contributed by atoms with Crippen LogP contribution in [0.3, 0.4) is 0 Å². The van der Waals surface area contributed by atoms with Crippen LogP contribution < -0.4 is 15.4 Å². The molecule has 21 heavy (non-hydrogen) atoms. The molecule has 0 saturated heterocycles. The average molecular weight is 355 g/mol. The zero-order chi connectivity index (χ0) is 15.2. The van der Waals surface area contributed by atoms with Crippen LogP contribution in [0.1, 0.15) is 44.7 Å². The Morgan fingerprint density at radius 2 is 2.29 bits per heavy atom. The summed E-state index contributed by atoms with van der Waals surface area (Å²) in [5, 5.41) is 5.97. The van der Waals surface area contributed by atoms with Gasteiger partial charge < -0.3 is 15.4 Å². The second kappa shape index (κ2) is 7.69. The molecule has 0 aromatic heterocycles. The van der Waals surface area contributed by atoms with Crippen LogP contribution in [-0.2, 0) is 0 Å². The lowest BCUT2D eigenvalue weighted by molar-refractivity contribution is 0.223. The highest BCUT2D eigenvalue weighted by Crippen LogP contribution is 2.33. The average Bonchev–Trinajstić information content (AvgIpc) is 2.44. The molecule has 1 heterocycles. The molecule has 1 aliphatic rings. The van der Waals surface area contributed by atoms with Gasteiger partial charge in [0.2, 0.25) is 0 Å². The fourth-order valence-corrected chi connectivity index (χ4v) is 2.82. The summed E-state index contributed by atoms with van der Waals surface area (Å²) >= 11 is 3.47. The van der Waals surface area contributed by atoms with E-state index < -0.39 is 0 Å². The molecule has 0 saturated carbocycles. The van der Waals surface area contributed by atoms with Gasteiger partial charge in [-0.25, -0.2) is 4.79 Å². The van der Waals surface area contributed by atoms with Crippen LogP contribution in [0.5, 0.6) is 5.75 Å². The lowest BCUT2D eigenvalue weighted by atomic mass is 10.0. The predicted octanol–water partition coefficient (Wildman–Crippen LogP) is 4.01. The maximum Gasteiger partial charge on any atom is 0.315 e. The van der Waals surface area contributed by atoms with E-state index in [4.69, 9.17) is 4.74 Å². The molecule has 0 fully saturated rings. The predicted molar refractivity (Wildman–Crippen MR) is 87.6 cm³/mol. The Balaban J connectivity index is 1.86. The van der Waals surface area contributed by atoms with Crippen LogP contribution in [0.15, 0.2) is 22.7 Å². The second-order valence-corrected chi connectivity index (χ2v) is 6.72. The maximum absolute atomic E-state index is 12.0. The molecule has 1 unspecified atom stereocenters. The zero-order valence-corrected chi connectivity index (χ0v) is 14.2.